The van der Waals surface area contributed by atoms with E-state index in [-0.39, 0.29) is 0 Å². The van der Waals surface area contributed by atoms with Gasteiger partial charge >= 0.3 is 7.82 Å². The Morgan fingerprint density at radius 1 is 0.706 bits per heavy atom. The van der Waals surface area contributed by atoms with Crippen molar-refractivity contribution in [3.63, 3.8) is 0 Å². The van der Waals surface area contributed by atoms with Gasteiger partial charge in [0, 0.05) is 20.8 Å². The van der Waals surface area contributed by atoms with E-state index in [0.717, 1.165) is 0 Å². The lowest BCUT2D eigenvalue weighted by Gasteiger charge is -2.29. The molecule has 11 heteroatoms. The van der Waals surface area contributed by atoms with Crippen LogP contribution in [-0.2, 0) is 18.1 Å². The lowest BCUT2D eigenvalue weighted by molar-refractivity contribution is -0.340. The molecule has 0 aliphatic heterocycles. The number of phosphoric acid groups is 1. The van der Waals surface area contributed by atoms with Crippen LogP contribution >= 0.6 is 7.82 Å². The van der Waals surface area contributed by atoms with Crippen molar-refractivity contribution >= 4 is 7.82 Å². The largest absolute Gasteiger partial charge is 0.487 e. The fraction of sp³-hybridized carbons (Fsp3) is 1.00. The normalized spacial score (nSPS) is 15.1. The molecule has 0 saturated carbocycles. The molecule has 0 unspecified atom stereocenters. The molecule has 104 valence electrons. The molecule has 0 aliphatic carbocycles. The first kappa shape index (κ1) is 16.9. The molecule has 0 bridgehead atoms. The number of rotatable bonds is 6. The van der Waals surface area contributed by atoms with Gasteiger partial charge in [0.05, 0.1) is 0 Å². The minimum absolute atomic E-state index is 0.602. The molecule has 0 spiro atoms. The summed E-state index contributed by atoms with van der Waals surface area (Å²) in [6.45, 7) is 1.81. The summed E-state index contributed by atoms with van der Waals surface area (Å²) in [5.74, 6) is -9.11. The molecule has 6 N–H and O–H groups in total. The molecule has 0 aliphatic rings. The molecule has 10 nitrogen and oxygen atoms in total. The average Bonchev–Trinajstić information content (AvgIpc) is 1.65. The van der Waals surface area contributed by atoms with Gasteiger partial charge < -0.3 is 30.6 Å². The lowest BCUT2D eigenvalue weighted by Crippen LogP contribution is -2.35. The van der Waals surface area contributed by atoms with Crippen LogP contribution in [-0.4, -0.2) is 48.6 Å². The van der Waals surface area contributed by atoms with E-state index in [1.165, 1.54) is 0 Å². The van der Waals surface area contributed by atoms with E-state index in [2.05, 4.69) is 13.6 Å². The van der Waals surface area contributed by atoms with E-state index < -0.39 is 25.7 Å². The first-order valence-corrected chi connectivity index (χ1v) is 5.64. The van der Waals surface area contributed by atoms with Gasteiger partial charge in [0.1, 0.15) is 0 Å². The second kappa shape index (κ2) is 4.86. The van der Waals surface area contributed by atoms with Gasteiger partial charge in [-0.2, -0.15) is 0 Å². The molecule has 0 atom stereocenters. The van der Waals surface area contributed by atoms with Gasteiger partial charge in [-0.05, 0) is 0 Å². The number of hydrogen-bond acceptors (Lipinski definition) is 10. The quantitative estimate of drug-likeness (QED) is 0.239. The zero-order chi connectivity index (χ0) is 14.1. The van der Waals surface area contributed by atoms with Gasteiger partial charge in [-0.15, -0.1) is 0 Å². The van der Waals surface area contributed by atoms with E-state index in [9.17, 15) is 4.57 Å². The van der Waals surface area contributed by atoms with Crippen LogP contribution in [0.2, 0.25) is 0 Å². The van der Waals surface area contributed by atoms with Crippen molar-refractivity contribution in [2.45, 2.75) is 38.7 Å². The Labute approximate surface area is 96.2 Å². The second-order valence-electron chi connectivity index (χ2n) is 3.52. The lowest BCUT2D eigenvalue weighted by atomic mass is 10.7. The highest BCUT2D eigenvalue weighted by Crippen LogP contribution is 2.55. The molecule has 0 aromatic rings. The Balaban J connectivity index is 5.03. The van der Waals surface area contributed by atoms with E-state index in [1.807, 2.05) is 0 Å². The predicted molar refractivity (Wildman–Crippen MR) is 49.4 cm³/mol. The van der Waals surface area contributed by atoms with Crippen molar-refractivity contribution in [1.29, 1.82) is 0 Å². The molecule has 0 radical (unpaired) electrons. The van der Waals surface area contributed by atoms with Crippen LogP contribution in [0.25, 0.3) is 0 Å². The zero-order valence-corrected chi connectivity index (χ0v) is 10.2. The summed E-state index contributed by atoms with van der Waals surface area (Å²) in [5, 5.41) is 52.9. The number of phosphoric ester groups is 1. The Morgan fingerprint density at radius 2 is 0.882 bits per heavy atom. The molecule has 0 amide bonds. The molecule has 0 saturated heterocycles. The maximum absolute atomic E-state index is 11.6. The van der Waals surface area contributed by atoms with E-state index in [0.29, 0.717) is 20.8 Å². The zero-order valence-electron chi connectivity index (χ0n) is 9.26. The van der Waals surface area contributed by atoms with Gasteiger partial charge in [0.25, 0.3) is 17.9 Å². The van der Waals surface area contributed by atoms with Crippen molar-refractivity contribution in [3.8, 4) is 0 Å². The van der Waals surface area contributed by atoms with Crippen molar-refractivity contribution < 1.29 is 48.8 Å². The number of aliphatic hydroxyl groups is 6. The summed E-state index contributed by atoms with van der Waals surface area (Å²) in [5.41, 5.74) is 0. The Morgan fingerprint density at radius 3 is 1.00 bits per heavy atom. The summed E-state index contributed by atoms with van der Waals surface area (Å²) in [6.07, 6.45) is 0. The maximum Gasteiger partial charge on any atom is 0.487 e. The predicted octanol–water partition coefficient (Wildman–Crippen LogP) is -1.88. The van der Waals surface area contributed by atoms with Crippen LogP contribution in [0.15, 0.2) is 0 Å². The first-order valence-electron chi connectivity index (χ1n) is 4.18. The molecule has 0 heterocycles. The molecular formula is C6H15O10P. The van der Waals surface area contributed by atoms with Crippen molar-refractivity contribution in [2.75, 3.05) is 0 Å². The second-order valence-corrected chi connectivity index (χ2v) is 4.96. The smallest absolute Gasteiger partial charge is 0.343 e. The van der Waals surface area contributed by atoms with Crippen LogP contribution < -0.4 is 0 Å². The van der Waals surface area contributed by atoms with E-state index >= 15 is 0 Å². The Kier molecular flexibility index (Phi) is 4.82. The first-order chi connectivity index (χ1) is 7.12. The van der Waals surface area contributed by atoms with E-state index in [4.69, 9.17) is 30.6 Å². The summed E-state index contributed by atoms with van der Waals surface area (Å²) in [4.78, 5) is 0. The third kappa shape index (κ3) is 9.56. The summed E-state index contributed by atoms with van der Waals surface area (Å²) >= 11 is 0. The van der Waals surface area contributed by atoms with Crippen molar-refractivity contribution in [3.05, 3.63) is 0 Å². The van der Waals surface area contributed by atoms with Gasteiger partial charge in [-0.1, -0.05) is 0 Å². The third-order valence-electron chi connectivity index (χ3n) is 0.854. The summed E-state index contributed by atoms with van der Waals surface area (Å²) < 4.78 is 23.5. The molecule has 0 fully saturated rings. The van der Waals surface area contributed by atoms with Crippen molar-refractivity contribution in [1.82, 2.24) is 0 Å². The van der Waals surface area contributed by atoms with Crippen LogP contribution in [0, 0.1) is 0 Å². The standard InChI is InChI=1S/C6H15O10P/c1-4(7,8)14-17(13,15-5(2,9)10)16-6(3,11)12/h7-12H,1-3H3. The molecule has 17 heavy (non-hydrogen) atoms. The SMILES string of the molecule is CC(O)(O)OP(=O)(OC(C)(O)O)OC(C)(O)O. The minimum Gasteiger partial charge on any atom is -0.343 e. The van der Waals surface area contributed by atoms with Gasteiger partial charge in [0.2, 0.25) is 0 Å². The topological polar surface area (TPSA) is 166 Å². The van der Waals surface area contributed by atoms with Crippen LogP contribution in [0.5, 0.6) is 0 Å². The molecule has 0 rings (SSSR count). The highest BCUT2D eigenvalue weighted by atomic mass is 31.2. The van der Waals surface area contributed by atoms with Crippen LogP contribution in [0.4, 0.5) is 0 Å². The van der Waals surface area contributed by atoms with Gasteiger partial charge in [-0.25, -0.2) is 18.1 Å². The van der Waals surface area contributed by atoms with Gasteiger partial charge in [-0.3, -0.25) is 0 Å². The third-order valence-corrected chi connectivity index (χ3v) is 2.56. The monoisotopic (exact) mass is 278 g/mol. The highest BCUT2D eigenvalue weighted by Gasteiger charge is 2.45. The van der Waals surface area contributed by atoms with Gasteiger partial charge in [0.15, 0.2) is 0 Å². The van der Waals surface area contributed by atoms with Crippen LogP contribution in [0.1, 0.15) is 20.8 Å². The highest BCUT2D eigenvalue weighted by molar-refractivity contribution is 7.48. The molecular weight excluding hydrogens is 263 g/mol. The molecule has 0 aromatic heterocycles. The van der Waals surface area contributed by atoms with Crippen molar-refractivity contribution in [2.24, 2.45) is 0 Å². The molecule has 0 aromatic carbocycles. The van der Waals surface area contributed by atoms with Crippen LogP contribution in [0.3, 0.4) is 0 Å². The maximum atomic E-state index is 11.6. The number of hydrogen-bond donors (Lipinski definition) is 6. The van der Waals surface area contributed by atoms with E-state index in [1.54, 1.807) is 0 Å². The fourth-order valence-corrected chi connectivity index (χ4v) is 2.07. The Bertz CT molecular complexity index is 246. The summed E-state index contributed by atoms with van der Waals surface area (Å²) in [7, 11) is -5.08. The Hall–Kier alpha value is -0.130. The fourth-order valence-electron chi connectivity index (χ4n) is 0.691. The summed E-state index contributed by atoms with van der Waals surface area (Å²) in [6, 6.07) is 0. The average molecular weight is 278 g/mol. The minimum atomic E-state index is -5.08.